The first kappa shape index (κ1) is 22.3. The highest BCUT2D eigenvalue weighted by molar-refractivity contribution is 6.36. The lowest BCUT2D eigenvalue weighted by Crippen LogP contribution is -2.57. The van der Waals surface area contributed by atoms with Crippen LogP contribution < -0.4 is 5.32 Å². The zero-order valence-electron chi connectivity index (χ0n) is 18.3. The maximum atomic E-state index is 13.7. The summed E-state index contributed by atoms with van der Waals surface area (Å²) in [7, 11) is 0. The molecule has 1 saturated heterocycles. The Hall–Kier alpha value is -3.22. The number of rotatable bonds is 4. The molecule has 0 unspecified atom stereocenters. The van der Waals surface area contributed by atoms with Gasteiger partial charge in [-0.15, -0.1) is 23.2 Å². The molecule has 4 aliphatic rings. The van der Waals surface area contributed by atoms with Gasteiger partial charge in [0.1, 0.15) is 15.6 Å². The van der Waals surface area contributed by atoms with E-state index in [0.29, 0.717) is 5.69 Å². The molecule has 3 aromatic rings. The number of hydrogen-bond donors (Lipinski definition) is 1. The van der Waals surface area contributed by atoms with Gasteiger partial charge in [-0.05, 0) is 46.5 Å². The lowest BCUT2D eigenvalue weighted by atomic mass is 9.54. The first-order chi connectivity index (χ1) is 16.8. The van der Waals surface area contributed by atoms with Crippen LogP contribution in [0.4, 0.5) is 10.1 Å². The van der Waals surface area contributed by atoms with E-state index in [2.05, 4.69) is 5.32 Å². The van der Waals surface area contributed by atoms with E-state index in [1.54, 1.807) is 0 Å². The number of alkyl halides is 2. The number of nitrogens with zero attached hydrogens (tertiary/aromatic N) is 1. The Balaban J connectivity index is 1.34. The zero-order valence-corrected chi connectivity index (χ0v) is 19.8. The van der Waals surface area contributed by atoms with Gasteiger partial charge in [-0.25, -0.2) is 4.39 Å². The summed E-state index contributed by atoms with van der Waals surface area (Å²) in [4.78, 5) is 38.5. The van der Waals surface area contributed by atoms with Gasteiger partial charge in [-0.3, -0.25) is 19.3 Å². The Bertz CT molecular complexity index is 1290. The van der Waals surface area contributed by atoms with Crippen LogP contribution in [-0.4, -0.2) is 29.2 Å². The molecule has 8 heteroatoms. The van der Waals surface area contributed by atoms with Crippen LogP contribution in [0.1, 0.15) is 28.7 Å². The van der Waals surface area contributed by atoms with E-state index in [9.17, 15) is 18.8 Å². The molecule has 1 N–H and O–H groups in total. The first-order valence-electron chi connectivity index (χ1n) is 11.3. The van der Waals surface area contributed by atoms with E-state index in [4.69, 9.17) is 23.2 Å². The molecule has 5 nitrogen and oxygen atoms in total. The molecule has 2 bridgehead atoms. The van der Waals surface area contributed by atoms with Crippen molar-refractivity contribution in [3.8, 4) is 0 Å². The van der Waals surface area contributed by atoms with Gasteiger partial charge in [0.2, 0.25) is 17.7 Å². The lowest BCUT2D eigenvalue weighted by molar-refractivity contribution is -0.140. The standard InChI is InChI=1S/C27H19Cl2FN2O3/c28-26-17-5-1-2-6-18(17)27(29,20-8-4-3-7-19(20)26)23-22(26)24(34)32(25(23)35)14-13-21(33)31-16-11-9-15(30)10-12-16/h1-12,22-23H,13-14H2,(H,31,33)/t22-,23-,26?,27?/m1/s1. The van der Waals surface area contributed by atoms with E-state index in [-0.39, 0.29) is 13.0 Å². The topological polar surface area (TPSA) is 66.5 Å². The van der Waals surface area contributed by atoms with Gasteiger partial charge >= 0.3 is 0 Å². The number of carbonyl (C=O) groups is 3. The van der Waals surface area contributed by atoms with Crippen LogP contribution in [0.2, 0.25) is 0 Å². The maximum Gasteiger partial charge on any atom is 0.235 e. The zero-order chi connectivity index (χ0) is 24.5. The van der Waals surface area contributed by atoms with Gasteiger partial charge < -0.3 is 5.32 Å². The molecule has 7 rings (SSSR count). The highest BCUT2D eigenvalue weighted by Crippen LogP contribution is 2.69. The summed E-state index contributed by atoms with van der Waals surface area (Å²) in [5, 5.41) is 2.65. The van der Waals surface area contributed by atoms with Crippen LogP contribution in [0.25, 0.3) is 0 Å². The monoisotopic (exact) mass is 508 g/mol. The quantitative estimate of drug-likeness (QED) is 0.408. The van der Waals surface area contributed by atoms with Crippen LogP contribution in [0.3, 0.4) is 0 Å². The van der Waals surface area contributed by atoms with Gasteiger partial charge in [-0.2, -0.15) is 0 Å². The maximum absolute atomic E-state index is 13.7. The van der Waals surface area contributed by atoms with E-state index in [1.165, 1.54) is 24.3 Å². The lowest BCUT2D eigenvalue weighted by Gasteiger charge is -2.54. The summed E-state index contributed by atoms with van der Waals surface area (Å²) in [6.07, 6.45) is -0.112. The fraction of sp³-hybridized carbons (Fsp3) is 0.222. The predicted octanol–water partition coefficient (Wildman–Crippen LogP) is 4.75. The normalized spacial score (nSPS) is 27.9. The number of halogens is 3. The van der Waals surface area contributed by atoms with Crippen molar-refractivity contribution in [3.05, 3.63) is 101 Å². The molecule has 2 atom stereocenters. The number of likely N-dealkylation sites (tertiary alicyclic amines) is 1. The number of amides is 3. The highest BCUT2D eigenvalue weighted by Gasteiger charge is 2.72. The molecule has 1 heterocycles. The van der Waals surface area contributed by atoms with Crippen LogP contribution in [0, 0.1) is 17.7 Å². The third-order valence-corrected chi connectivity index (χ3v) is 8.65. The minimum Gasteiger partial charge on any atom is -0.326 e. The molecular weight excluding hydrogens is 490 g/mol. The Morgan fingerprint density at radius 2 is 1.23 bits per heavy atom. The second kappa shape index (κ2) is 7.64. The average Bonchev–Trinajstić information content (AvgIpc) is 3.13. The predicted molar refractivity (Wildman–Crippen MR) is 129 cm³/mol. The minimum atomic E-state index is -1.24. The van der Waals surface area contributed by atoms with Crippen molar-refractivity contribution in [1.82, 2.24) is 4.90 Å². The van der Waals surface area contributed by atoms with Crippen LogP contribution in [-0.2, 0) is 24.1 Å². The minimum absolute atomic E-state index is 0.107. The Morgan fingerprint density at radius 3 is 1.66 bits per heavy atom. The van der Waals surface area contributed by atoms with Crippen molar-refractivity contribution >= 4 is 46.6 Å². The SMILES string of the molecule is O=C(CCN1C(=O)[C@H]2[C@H](C1=O)C1(Cl)c3ccccc3C2(Cl)c2ccccc21)Nc1ccc(F)cc1. The second-order valence-corrected chi connectivity index (χ2v) is 10.3. The number of hydrogen-bond acceptors (Lipinski definition) is 3. The molecule has 0 radical (unpaired) electrons. The van der Waals surface area contributed by atoms with Crippen LogP contribution in [0.5, 0.6) is 0 Å². The molecular formula is C27H19Cl2FN2O3. The number of nitrogens with one attached hydrogen (secondary N) is 1. The van der Waals surface area contributed by atoms with E-state index in [1.807, 2.05) is 48.5 Å². The number of imide groups is 1. The van der Waals surface area contributed by atoms with Crippen molar-refractivity contribution < 1.29 is 18.8 Å². The molecule has 3 amide bonds. The summed E-state index contributed by atoms with van der Waals surface area (Å²) in [5.41, 5.74) is 3.34. The summed E-state index contributed by atoms with van der Waals surface area (Å²) in [5.74, 6) is -3.46. The number of benzene rings is 3. The Labute approximate surface area is 210 Å². The molecule has 176 valence electrons. The van der Waals surface area contributed by atoms with E-state index in [0.717, 1.165) is 27.2 Å². The summed E-state index contributed by atoms with van der Waals surface area (Å²) >= 11 is 14.7. The number of carbonyl (C=O) groups excluding carboxylic acids is 3. The highest BCUT2D eigenvalue weighted by atomic mass is 35.5. The Kier molecular flexibility index (Phi) is 4.86. The largest absolute Gasteiger partial charge is 0.326 e. The van der Waals surface area contributed by atoms with Gasteiger partial charge in [-0.1, -0.05) is 48.5 Å². The molecule has 0 aromatic heterocycles. The van der Waals surface area contributed by atoms with Gasteiger partial charge in [0.25, 0.3) is 0 Å². The molecule has 1 fully saturated rings. The van der Waals surface area contributed by atoms with Crippen molar-refractivity contribution in [1.29, 1.82) is 0 Å². The van der Waals surface area contributed by atoms with E-state index >= 15 is 0 Å². The van der Waals surface area contributed by atoms with Crippen LogP contribution in [0.15, 0.2) is 72.8 Å². The van der Waals surface area contributed by atoms with Gasteiger partial charge in [0.05, 0.1) is 11.8 Å². The molecule has 1 aliphatic heterocycles. The van der Waals surface area contributed by atoms with Gasteiger partial charge in [0.15, 0.2) is 0 Å². The summed E-state index contributed by atoms with van der Waals surface area (Å²) in [6.45, 7) is -0.107. The van der Waals surface area contributed by atoms with Crippen molar-refractivity contribution in [2.45, 2.75) is 16.2 Å². The smallest absolute Gasteiger partial charge is 0.235 e. The third-order valence-electron chi connectivity index (χ3n) is 7.37. The van der Waals surface area contributed by atoms with Gasteiger partial charge in [0, 0.05) is 18.7 Å². The fourth-order valence-corrected chi connectivity index (χ4v) is 7.01. The molecule has 3 aromatic carbocycles. The summed E-state index contributed by atoms with van der Waals surface area (Å²) in [6, 6.07) is 20.2. The van der Waals surface area contributed by atoms with Crippen molar-refractivity contribution in [2.75, 3.05) is 11.9 Å². The number of anilines is 1. The van der Waals surface area contributed by atoms with E-state index < -0.39 is 45.1 Å². The van der Waals surface area contributed by atoms with Crippen molar-refractivity contribution in [3.63, 3.8) is 0 Å². The molecule has 0 saturated carbocycles. The Morgan fingerprint density at radius 1 is 0.800 bits per heavy atom. The first-order valence-corrected chi connectivity index (χ1v) is 12.0. The van der Waals surface area contributed by atoms with Crippen molar-refractivity contribution in [2.24, 2.45) is 11.8 Å². The average molecular weight is 509 g/mol. The van der Waals surface area contributed by atoms with Crippen LogP contribution >= 0.6 is 23.2 Å². The fourth-order valence-electron chi connectivity index (χ4n) is 5.92. The molecule has 35 heavy (non-hydrogen) atoms. The molecule has 3 aliphatic carbocycles. The second-order valence-electron chi connectivity index (χ2n) is 9.10. The molecule has 0 spiro atoms. The third kappa shape index (κ3) is 2.90. The summed E-state index contributed by atoms with van der Waals surface area (Å²) < 4.78 is 13.1.